The minimum absolute atomic E-state index is 0.232. The van der Waals surface area contributed by atoms with Crippen LogP contribution in [0.2, 0.25) is 0 Å². The first-order valence-corrected chi connectivity index (χ1v) is 4.84. The van der Waals surface area contributed by atoms with Crippen molar-refractivity contribution in [3.8, 4) is 6.07 Å². The van der Waals surface area contributed by atoms with E-state index in [1.807, 2.05) is 6.07 Å². The van der Waals surface area contributed by atoms with E-state index in [9.17, 15) is 9.59 Å². The predicted molar refractivity (Wildman–Crippen MR) is 56.9 cm³/mol. The topological polar surface area (TPSA) is 78.2 Å². The minimum Gasteiger partial charge on any atom is -0.478 e. The molecule has 0 aromatic heterocycles. The molecular weight excluding hydrogens is 206 g/mol. The zero-order valence-electron chi connectivity index (χ0n) is 8.59. The number of aryl methyl sites for hydroxylation is 1. The number of rotatable bonds is 5. The van der Waals surface area contributed by atoms with Crippen molar-refractivity contribution in [3.05, 3.63) is 35.4 Å². The second-order valence-corrected chi connectivity index (χ2v) is 3.41. The Morgan fingerprint density at radius 2 is 2.06 bits per heavy atom. The summed E-state index contributed by atoms with van der Waals surface area (Å²) in [7, 11) is 0. The minimum atomic E-state index is -0.964. The second kappa shape index (κ2) is 5.66. The third-order valence-corrected chi connectivity index (χ3v) is 2.27. The van der Waals surface area contributed by atoms with Gasteiger partial charge in [-0.25, -0.2) is 4.79 Å². The van der Waals surface area contributed by atoms with Gasteiger partial charge in [-0.05, 0) is 30.5 Å². The Hall–Kier alpha value is -2.15. The van der Waals surface area contributed by atoms with Crippen LogP contribution in [0.1, 0.15) is 22.3 Å². The maximum Gasteiger partial charge on any atom is 0.335 e. The molecule has 1 aromatic rings. The molecule has 1 rings (SSSR count). The molecule has 82 valence electrons. The average Bonchev–Trinajstić information content (AvgIpc) is 2.31. The summed E-state index contributed by atoms with van der Waals surface area (Å²) in [6.07, 6.45) is 1.69. The fourth-order valence-corrected chi connectivity index (χ4v) is 1.30. The maximum atomic E-state index is 10.6. The number of carbonyl (C=O) groups is 2. The Morgan fingerprint density at radius 3 is 2.50 bits per heavy atom. The summed E-state index contributed by atoms with van der Waals surface area (Å²) in [5.74, 6) is -1.55. The van der Waals surface area contributed by atoms with E-state index in [0.29, 0.717) is 19.1 Å². The van der Waals surface area contributed by atoms with Crippen LogP contribution >= 0.6 is 0 Å². The van der Waals surface area contributed by atoms with Crippen LogP contribution in [0.4, 0.5) is 0 Å². The summed E-state index contributed by atoms with van der Waals surface area (Å²) in [5, 5.41) is 17.2. The molecular formula is C12H11NO3. The first-order valence-electron chi connectivity index (χ1n) is 4.84. The molecule has 0 bridgehead atoms. The van der Waals surface area contributed by atoms with Crippen molar-refractivity contribution in [1.29, 1.82) is 5.26 Å². The number of aldehydes is 1. The van der Waals surface area contributed by atoms with Gasteiger partial charge in [-0.15, -0.1) is 0 Å². The van der Waals surface area contributed by atoms with E-state index in [-0.39, 0.29) is 5.56 Å². The van der Waals surface area contributed by atoms with Crippen molar-refractivity contribution in [1.82, 2.24) is 0 Å². The van der Waals surface area contributed by atoms with E-state index in [1.54, 1.807) is 12.1 Å². The third kappa shape index (κ3) is 3.21. The molecule has 0 saturated carbocycles. The number of nitrogens with zero attached hydrogens (tertiary/aromatic N) is 1. The Balaban J connectivity index is 2.59. The average molecular weight is 217 g/mol. The van der Waals surface area contributed by atoms with E-state index in [0.717, 1.165) is 5.56 Å². The molecule has 4 nitrogen and oxygen atoms in total. The van der Waals surface area contributed by atoms with E-state index in [4.69, 9.17) is 10.4 Å². The van der Waals surface area contributed by atoms with Crippen molar-refractivity contribution < 1.29 is 14.7 Å². The van der Waals surface area contributed by atoms with Crippen molar-refractivity contribution >= 4 is 12.3 Å². The smallest absolute Gasteiger partial charge is 0.335 e. The SMILES string of the molecule is N#CC(C=O)CCc1ccc(C(=O)O)cc1. The van der Waals surface area contributed by atoms with E-state index >= 15 is 0 Å². The van der Waals surface area contributed by atoms with Gasteiger partial charge in [-0.1, -0.05) is 12.1 Å². The van der Waals surface area contributed by atoms with Gasteiger partial charge in [0.05, 0.1) is 11.6 Å². The van der Waals surface area contributed by atoms with Crippen LogP contribution in [0.5, 0.6) is 0 Å². The molecule has 0 aliphatic rings. The van der Waals surface area contributed by atoms with Gasteiger partial charge in [0.2, 0.25) is 0 Å². The molecule has 0 heterocycles. The van der Waals surface area contributed by atoms with Crippen LogP contribution in [0.3, 0.4) is 0 Å². The highest BCUT2D eigenvalue weighted by Crippen LogP contribution is 2.09. The van der Waals surface area contributed by atoms with Crippen molar-refractivity contribution in [2.75, 3.05) is 0 Å². The molecule has 4 heteroatoms. The van der Waals surface area contributed by atoms with Crippen LogP contribution in [-0.2, 0) is 11.2 Å². The van der Waals surface area contributed by atoms with E-state index in [1.165, 1.54) is 12.1 Å². The maximum absolute atomic E-state index is 10.6. The number of carboxylic acids is 1. The standard InChI is InChI=1S/C12H11NO3/c13-7-10(8-14)2-1-9-3-5-11(6-4-9)12(15)16/h3-6,8,10H,1-2H2,(H,15,16). The van der Waals surface area contributed by atoms with Crippen LogP contribution in [0.15, 0.2) is 24.3 Å². The molecule has 0 spiro atoms. The van der Waals surface area contributed by atoms with Gasteiger partial charge in [-0.3, -0.25) is 0 Å². The lowest BCUT2D eigenvalue weighted by atomic mass is 10.0. The molecule has 1 aromatic carbocycles. The van der Waals surface area contributed by atoms with Crippen LogP contribution in [0.25, 0.3) is 0 Å². The van der Waals surface area contributed by atoms with Crippen LogP contribution < -0.4 is 0 Å². The van der Waals surface area contributed by atoms with Crippen LogP contribution in [0, 0.1) is 17.2 Å². The molecule has 0 aliphatic heterocycles. The lowest BCUT2D eigenvalue weighted by Crippen LogP contribution is -2.01. The molecule has 1 atom stereocenters. The monoisotopic (exact) mass is 217 g/mol. The predicted octanol–water partition coefficient (Wildman–Crippen LogP) is 1.66. The largest absolute Gasteiger partial charge is 0.478 e. The number of benzene rings is 1. The van der Waals surface area contributed by atoms with Gasteiger partial charge < -0.3 is 9.90 Å². The molecule has 0 saturated heterocycles. The summed E-state index contributed by atoms with van der Waals surface area (Å²) < 4.78 is 0. The van der Waals surface area contributed by atoms with E-state index < -0.39 is 11.9 Å². The normalized spacial score (nSPS) is 11.4. The second-order valence-electron chi connectivity index (χ2n) is 3.41. The zero-order valence-corrected chi connectivity index (χ0v) is 8.59. The highest BCUT2D eigenvalue weighted by atomic mass is 16.4. The van der Waals surface area contributed by atoms with Crippen molar-refractivity contribution in [2.24, 2.45) is 5.92 Å². The summed E-state index contributed by atoms with van der Waals surface area (Å²) >= 11 is 0. The molecule has 0 amide bonds. The highest BCUT2D eigenvalue weighted by molar-refractivity contribution is 5.87. The van der Waals surface area contributed by atoms with E-state index in [2.05, 4.69) is 0 Å². The summed E-state index contributed by atoms with van der Waals surface area (Å²) in [4.78, 5) is 21.0. The summed E-state index contributed by atoms with van der Waals surface area (Å²) in [6, 6.07) is 8.31. The van der Waals surface area contributed by atoms with Gasteiger partial charge in [0, 0.05) is 0 Å². The highest BCUT2D eigenvalue weighted by Gasteiger charge is 2.06. The number of nitriles is 1. The van der Waals surface area contributed by atoms with Crippen LogP contribution in [-0.4, -0.2) is 17.4 Å². The number of carboxylic acid groups (broad SMARTS) is 1. The van der Waals surface area contributed by atoms with Gasteiger partial charge >= 0.3 is 5.97 Å². The van der Waals surface area contributed by atoms with Gasteiger partial charge in [-0.2, -0.15) is 5.26 Å². The fraction of sp³-hybridized carbons (Fsp3) is 0.250. The van der Waals surface area contributed by atoms with Crippen molar-refractivity contribution in [2.45, 2.75) is 12.8 Å². The fourth-order valence-electron chi connectivity index (χ4n) is 1.30. The number of hydrogen-bond donors (Lipinski definition) is 1. The molecule has 0 fully saturated rings. The van der Waals surface area contributed by atoms with Gasteiger partial charge in [0.25, 0.3) is 0 Å². The first kappa shape index (κ1) is 11.9. The quantitative estimate of drug-likeness (QED) is 0.760. The Bertz CT molecular complexity index is 417. The molecule has 0 radical (unpaired) electrons. The molecule has 1 unspecified atom stereocenters. The summed E-state index contributed by atoms with van der Waals surface area (Å²) in [5.41, 5.74) is 1.16. The lowest BCUT2D eigenvalue weighted by molar-refractivity contribution is -0.109. The molecule has 16 heavy (non-hydrogen) atoms. The summed E-state index contributed by atoms with van der Waals surface area (Å²) in [6.45, 7) is 0. The van der Waals surface area contributed by atoms with Crippen molar-refractivity contribution in [3.63, 3.8) is 0 Å². The van der Waals surface area contributed by atoms with Gasteiger partial charge in [0.1, 0.15) is 12.2 Å². The zero-order chi connectivity index (χ0) is 12.0. The molecule has 1 N–H and O–H groups in total. The number of hydrogen-bond acceptors (Lipinski definition) is 3. The third-order valence-electron chi connectivity index (χ3n) is 2.27. The molecule has 0 aliphatic carbocycles. The number of aromatic carboxylic acids is 1. The Kier molecular flexibility index (Phi) is 4.22. The van der Waals surface area contributed by atoms with Gasteiger partial charge in [0.15, 0.2) is 0 Å². The Morgan fingerprint density at radius 1 is 1.44 bits per heavy atom. The Labute approximate surface area is 93.1 Å². The lowest BCUT2D eigenvalue weighted by Gasteiger charge is -2.02. The number of carbonyl (C=O) groups excluding carboxylic acids is 1. The first-order chi connectivity index (χ1) is 7.67.